The average Bonchev–Trinajstić information content (AvgIpc) is 3.17. The predicted octanol–water partition coefficient (Wildman–Crippen LogP) is 3.20. The molecule has 0 aliphatic heterocycles. The van der Waals surface area contributed by atoms with Crippen LogP contribution in [0, 0.1) is 18.3 Å². The minimum atomic E-state index is 0.0243. The van der Waals surface area contributed by atoms with Gasteiger partial charge in [-0.2, -0.15) is 0 Å². The Labute approximate surface area is 115 Å². The maximum Gasteiger partial charge on any atom is 0.253 e. The molecule has 3 nitrogen and oxygen atoms in total. The lowest BCUT2D eigenvalue weighted by Crippen LogP contribution is -2.32. The smallest absolute Gasteiger partial charge is 0.253 e. The van der Waals surface area contributed by atoms with E-state index in [9.17, 15) is 4.79 Å². The second-order valence-corrected chi connectivity index (χ2v) is 6.00. The van der Waals surface area contributed by atoms with E-state index in [0.29, 0.717) is 11.3 Å². The summed E-state index contributed by atoms with van der Waals surface area (Å²) in [5.74, 6) is 0.658. The van der Waals surface area contributed by atoms with Gasteiger partial charge in [-0.3, -0.25) is 4.79 Å². The van der Waals surface area contributed by atoms with Gasteiger partial charge in [-0.05, 0) is 48.8 Å². The van der Waals surface area contributed by atoms with E-state index < -0.39 is 0 Å². The van der Waals surface area contributed by atoms with Gasteiger partial charge in [0.05, 0.1) is 5.56 Å². The summed E-state index contributed by atoms with van der Waals surface area (Å²) in [7, 11) is 1.85. The van der Waals surface area contributed by atoms with Crippen molar-refractivity contribution in [2.45, 2.75) is 33.6 Å². The summed E-state index contributed by atoms with van der Waals surface area (Å²) in [5.41, 5.74) is 3.13. The monoisotopic (exact) mass is 260 g/mol. The number of amides is 1. The largest absolute Gasteiger partial charge is 0.387 e. The van der Waals surface area contributed by atoms with Crippen LogP contribution in [0.25, 0.3) is 0 Å². The molecule has 1 amide bonds. The summed E-state index contributed by atoms with van der Waals surface area (Å²) < 4.78 is 0. The van der Waals surface area contributed by atoms with E-state index in [1.807, 2.05) is 32.2 Å². The molecule has 1 aromatic carbocycles. The van der Waals surface area contributed by atoms with Crippen LogP contribution in [0.5, 0.6) is 0 Å². The Morgan fingerprint density at radius 2 is 2.05 bits per heavy atom. The first-order chi connectivity index (χ1) is 8.98. The van der Waals surface area contributed by atoms with Crippen LogP contribution >= 0.6 is 0 Å². The molecular weight excluding hydrogens is 236 g/mol. The molecule has 0 heterocycles. The molecule has 1 aliphatic rings. The zero-order chi connectivity index (χ0) is 14.0. The lowest BCUT2D eigenvalue weighted by Gasteiger charge is -2.20. The van der Waals surface area contributed by atoms with Gasteiger partial charge < -0.3 is 10.6 Å². The molecule has 1 aliphatic carbocycles. The predicted molar refractivity (Wildman–Crippen MR) is 79.6 cm³/mol. The first-order valence-corrected chi connectivity index (χ1v) is 7.05. The highest BCUT2D eigenvalue weighted by Gasteiger charge is 2.45. The number of anilines is 1. The van der Waals surface area contributed by atoms with E-state index in [2.05, 4.69) is 24.5 Å². The van der Waals surface area contributed by atoms with Crippen molar-refractivity contribution in [3.05, 3.63) is 29.3 Å². The summed E-state index contributed by atoms with van der Waals surface area (Å²) in [4.78, 5) is 12.3. The van der Waals surface area contributed by atoms with Gasteiger partial charge in [0.1, 0.15) is 0 Å². The maximum absolute atomic E-state index is 12.3. The molecule has 2 rings (SSSR count). The van der Waals surface area contributed by atoms with Gasteiger partial charge in [0.15, 0.2) is 0 Å². The van der Waals surface area contributed by atoms with E-state index in [1.165, 1.54) is 12.8 Å². The highest BCUT2D eigenvalue weighted by molar-refractivity contribution is 5.99. The highest BCUT2D eigenvalue weighted by atomic mass is 16.1. The molecule has 0 bridgehead atoms. The number of hydrogen-bond donors (Lipinski definition) is 2. The van der Waals surface area contributed by atoms with E-state index >= 15 is 0 Å². The molecule has 2 N–H and O–H groups in total. The van der Waals surface area contributed by atoms with Crippen molar-refractivity contribution in [3.63, 3.8) is 0 Å². The molecule has 0 unspecified atom stereocenters. The fourth-order valence-electron chi connectivity index (χ4n) is 2.53. The number of benzene rings is 1. The maximum atomic E-state index is 12.3. The quantitative estimate of drug-likeness (QED) is 0.853. The molecule has 0 aromatic heterocycles. The van der Waals surface area contributed by atoms with Crippen molar-refractivity contribution in [1.29, 1.82) is 0 Å². The van der Waals surface area contributed by atoms with Crippen molar-refractivity contribution in [1.82, 2.24) is 5.32 Å². The van der Waals surface area contributed by atoms with Crippen LogP contribution in [0.3, 0.4) is 0 Å². The fraction of sp³-hybridized carbons (Fsp3) is 0.562. The number of hydrogen-bond acceptors (Lipinski definition) is 2. The van der Waals surface area contributed by atoms with Crippen LogP contribution < -0.4 is 10.6 Å². The Kier molecular flexibility index (Phi) is 3.83. The van der Waals surface area contributed by atoms with Crippen molar-refractivity contribution < 1.29 is 4.79 Å². The van der Waals surface area contributed by atoms with E-state index in [-0.39, 0.29) is 5.91 Å². The molecule has 104 valence electrons. The van der Waals surface area contributed by atoms with Gasteiger partial charge in [0.2, 0.25) is 0 Å². The molecular formula is C16H24N2O. The molecule has 0 atom stereocenters. The number of nitrogens with one attached hydrogen (secondary N) is 2. The first kappa shape index (κ1) is 13.9. The van der Waals surface area contributed by atoms with Crippen LogP contribution in [0.1, 0.15) is 42.6 Å². The summed E-state index contributed by atoms with van der Waals surface area (Å²) in [6.07, 6.45) is 2.47. The second kappa shape index (κ2) is 5.24. The number of rotatable bonds is 5. The van der Waals surface area contributed by atoms with Gasteiger partial charge in [0, 0.05) is 19.3 Å². The van der Waals surface area contributed by atoms with Gasteiger partial charge in [0.25, 0.3) is 5.91 Å². The molecule has 0 radical (unpaired) electrons. The van der Waals surface area contributed by atoms with Gasteiger partial charge >= 0.3 is 0 Å². The van der Waals surface area contributed by atoms with Crippen molar-refractivity contribution in [3.8, 4) is 0 Å². The van der Waals surface area contributed by atoms with Crippen LogP contribution in [0.4, 0.5) is 5.69 Å². The Hall–Kier alpha value is -1.51. The third kappa shape index (κ3) is 2.91. The fourth-order valence-corrected chi connectivity index (χ4v) is 2.53. The van der Waals surface area contributed by atoms with Gasteiger partial charge in [-0.1, -0.05) is 19.9 Å². The Balaban J connectivity index is 2.04. The summed E-state index contributed by atoms with van der Waals surface area (Å²) in [6, 6.07) is 5.88. The Morgan fingerprint density at radius 1 is 1.37 bits per heavy atom. The standard InChI is InChI=1S/C16H24N2O/c1-11(2)16(7-8-16)10-18-15(19)13-6-5-12(3)9-14(13)17-4/h5-6,9,11,17H,7-8,10H2,1-4H3,(H,18,19). The van der Waals surface area contributed by atoms with Crippen molar-refractivity contribution in [2.24, 2.45) is 11.3 Å². The topological polar surface area (TPSA) is 41.1 Å². The molecule has 3 heteroatoms. The molecule has 1 saturated carbocycles. The van der Waals surface area contributed by atoms with Crippen LogP contribution in [-0.4, -0.2) is 19.5 Å². The molecule has 1 aromatic rings. The second-order valence-electron chi connectivity index (χ2n) is 6.00. The van der Waals surface area contributed by atoms with Gasteiger partial charge in [-0.15, -0.1) is 0 Å². The zero-order valence-corrected chi connectivity index (χ0v) is 12.3. The number of carbonyl (C=O) groups is 1. The van der Waals surface area contributed by atoms with E-state index in [1.54, 1.807) is 0 Å². The van der Waals surface area contributed by atoms with Crippen molar-refractivity contribution >= 4 is 11.6 Å². The molecule has 0 saturated heterocycles. The Morgan fingerprint density at radius 3 is 2.58 bits per heavy atom. The number of aryl methyl sites for hydroxylation is 1. The lowest BCUT2D eigenvalue weighted by atomic mass is 9.92. The molecule has 1 fully saturated rings. The van der Waals surface area contributed by atoms with E-state index in [4.69, 9.17) is 0 Å². The average molecular weight is 260 g/mol. The highest BCUT2D eigenvalue weighted by Crippen LogP contribution is 2.51. The van der Waals surface area contributed by atoms with Crippen LogP contribution in [-0.2, 0) is 0 Å². The summed E-state index contributed by atoms with van der Waals surface area (Å²) in [6.45, 7) is 7.30. The molecule has 0 spiro atoms. The lowest BCUT2D eigenvalue weighted by molar-refractivity contribution is 0.0940. The van der Waals surface area contributed by atoms with Crippen molar-refractivity contribution in [2.75, 3.05) is 18.9 Å². The number of carbonyl (C=O) groups excluding carboxylic acids is 1. The van der Waals surface area contributed by atoms with E-state index in [0.717, 1.165) is 23.4 Å². The molecule has 19 heavy (non-hydrogen) atoms. The zero-order valence-electron chi connectivity index (χ0n) is 12.3. The third-order valence-corrected chi connectivity index (χ3v) is 4.41. The van der Waals surface area contributed by atoms with Crippen LogP contribution in [0.15, 0.2) is 18.2 Å². The SMILES string of the molecule is CNc1cc(C)ccc1C(=O)NCC1(C(C)C)CC1. The minimum absolute atomic E-state index is 0.0243. The third-order valence-electron chi connectivity index (χ3n) is 4.41. The Bertz CT molecular complexity index is 476. The summed E-state index contributed by atoms with van der Waals surface area (Å²) >= 11 is 0. The summed E-state index contributed by atoms with van der Waals surface area (Å²) in [5, 5.41) is 6.19. The normalized spacial score (nSPS) is 16.3. The first-order valence-electron chi connectivity index (χ1n) is 7.05. The van der Waals surface area contributed by atoms with Gasteiger partial charge in [-0.25, -0.2) is 0 Å². The minimum Gasteiger partial charge on any atom is -0.387 e. The van der Waals surface area contributed by atoms with Crippen LogP contribution in [0.2, 0.25) is 0 Å².